The molecule has 1 nitrogen and oxygen atoms in total. The first-order chi connectivity index (χ1) is 5.46. The summed E-state index contributed by atoms with van der Waals surface area (Å²) >= 11 is 0. The molecule has 0 aliphatic rings. The Morgan fingerprint density at radius 3 is 1.38 bits per heavy atom. The van der Waals surface area contributed by atoms with Crippen LogP contribution in [-0.2, 0) is 0 Å². The minimum Gasteiger partial charge on any atom is -0.331 e. The molecular formula is C5HF7O. The van der Waals surface area contributed by atoms with Crippen molar-refractivity contribution in [3.63, 3.8) is 0 Å². The van der Waals surface area contributed by atoms with E-state index in [4.69, 9.17) is 5.11 Å². The van der Waals surface area contributed by atoms with Crippen molar-refractivity contribution in [3.05, 3.63) is 0 Å². The van der Waals surface area contributed by atoms with Crippen molar-refractivity contribution in [2.45, 2.75) is 18.2 Å². The highest BCUT2D eigenvalue weighted by Crippen LogP contribution is 2.31. The minimum atomic E-state index is -5.59. The van der Waals surface area contributed by atoms with Crippen LogP contribution in [0.25, 0.3) is 0 Å². The van der Waals surface area contributed by atoms with E-state index < -0.39 is 18.2 Å². The van der Waals surface area contributed by atoms with Gasteiger partial charge in [0, 0.05) is 5.92 Å². The van der Waals surface area contributed by atoms with Crippen LogP contribution in [0.15, 0.2) is 0 Å². The van der Waals surface area contributed by atoms with E-state index in [1.54, 1.807) is 0 Å². The molecular weight excluding hydrogens is 209 g/mol. The third kappa shape index (κ3) is 3.98. The molecule has 0 radical (unpaired) electrons. The Hall–Kier alpha value is -0.970. The zero-order valence-electron chi connectivity index (χ0n) is 5.59. The van der Waals surface area contributed by atoms with Gasteiger partial charge in [0.2, 0.25) is 0 Å². The summed E-state index contributed by atoms with van der Waals surface area (Å²) in [5.74, 6) is -5.55. The SMILES string of the molecule is OC(F)(F)C(F)(F)C#CC(F)(F)F. The molecule has 0 heterocycles. The zero-order valence-corrected chi connectivity index (χ0v) is 5.59. The molecule has 0 amide bonds. The molecule has 0 atom stereocenters. The van der Waals surface area contributed by atoms with Crippen LogP contribution in [0.2, 0.25) is 0 Å². The number of aliphatic hydroxyl groups is 1. The third-order valence-electron chi connectivity index (χ3n) is 0.739. The molecule has 76 valence electrons. The Labute approximate surface area is 67.2 Å². The molecule has 0 spiro atoms. The number of halogens is 7. The molecule has 0 aliphatic carbocycles. The molecule has 0 bridgehead atoms. The van der Waals surface area contributed by atoms with Gasteiger partial charge in [0.05, 0.1) is 0 Å². The van der Waals surface area contributed by atoms with Gasteiger partial charge in [0.1, 0.15) is 0 Å². The summed E-state index contributed by atoms with van der Waals surface area (Å²) in [6.45, 7) is 0. The molecule has 0 aromatic heterocycles. The predicted molar refractivity (Wildman–Crippen MR) is 25.9 cm³/mol. The molecule has 13 heavy (non-hydrogen) atoms. The molecule has 0 saturated heterocycles. The van der Waals surface area contributed by atoms with E-state index in [0.717, 1.165) is 0 Å². The smallest absolute Gasteiger partial charge is 0.331 e. The second-order valence-corrected chi connectivity index (χ2v) is 1.86. The van der Waals surface area contributed by atoms with Crippen molar-refractivity contribution in [1.29, 1.82) is 0 Å². The average molecular weight is 210 g/mol. The lowest BCUT2D eigenvalue weighted by molar-refractivity contribution is -0.302. The first kappa shape index (κ1) is 12.0. The molecule has 0 aromatic carbocycles. The second kappa shape index (κ2) is 3.06. The first-order valence-electron chi connectivity index (χ1n) is 2.55. The summed E-state index contributed by atoms with van der Waals surface area (Å²) in [5.41, 5.74) is 0. The van der Waals surface area contributed by atoms with Crippen LogP contribution in [0, 0.1) is 11.8 Å². The van der Waals surface area contributed by atoms with Gasteiger partial charge in [-0.3, -0.25) is 0 Å². The van der Waals surface area contributed by atoms with Crippen LogP contribution in [0.5, 0.6) is 0 Å². The average Bonchev–Trinajstić information content (AvgIpc) is 1.79. The van der Waals surface area contributed by atoms with Gasteiger partial charge in [-0.15, -0.1) is 0 Å². The van der Waals surface area contributed by atoms with Gasteiger partial charge in [-0.25, -0.2) is 0 Å². The zero-order chi connectivity index (χ0) is 10.9. The summed E-state index contributed by atoms with van der Waals surface area (Å²) < 4.78 is 79.8. The van der Waals surface area contributed by atoms with E-state index in [-0.39, 0.29) is 11.8 Å². The number of rotatable bonds is 1. The Morgan fingerprint density at radius 2 is 1.15 bits per heavy atom. The van der Waals surface area contributed by atoms with E-state index in [2.05, 4.69) is 0 Å². The van der Waals surface area contributed by atoms with E-state index in [9.17, 15) is 30.7 Å². The molecule has 0 unspecified atom stereocenters. The highest BCUT2D eigenvalue weighted by Gasteiger charge is 2.54. The van der Waals surface area contributed by atoms with Crippen molar-refractivity contribution < 1.29 is 35.8 Å². The molecule has 0 aromatic rings. The lowest BCUT2D eigenvalue weighted by Gasteiger charge is -2.14. The fourth-order valence-corrected chi connectivity index (χ4v) is 0.225. The Balaban J connectivity index is 4.77. The predicted octanol–water partition coefficient (Wildman–Crippen LogP) is 1.77. The van der Waals surface area contributed by atoms with Gasteiger partial charge < -0.3 is 5.11 Å². The van der Waals surface area contributed by atoms with Gasteiger partial charge in [0.15, 0.2) is 0 Å². The molecule has 0 saturated carbocycles. The maximum atomic E-state index is 11.8. The lowest BCUT2D eigenvalue weighted by Crippen LogP contribution is -2.39. The van der Waals surface area contributed by atoms with Gasteiger partial charge in [-0.1, -0.05) is 0 Å². The maximum Gasteiger partial charge on any atom is 0.457 e. The van der Waals surface area contributed by atoms with Crippen LogP contribution in [0.1, 0.15) is 0 Å². The fourth-order valence-electron chi connectivity index (χ4n) is 0.225. The van der Waals surface area contributed by atoms with Crippen molar-refractivity contribution in [2.75, 3.05) is 0 Å². The van der Waals surface area contributed by atoms with Crippen molar-refractivity contribution in [3.8, 4) is 11.8 Å². The summed E-state index contributed by atoms with van der Waals surface area (Å²) in [6, 6.07) is 0. The fraction of sp³-hybridized carbons (Fsp3) is 0.600. The van der Waals surface area contributed by atoms with Crippen LogP contribution >= 0.6 is 0 Å². The Bertz CT molecular complexity index is 236. The van der Waals surface area contributed by atoms with Crippen LogP contribution in [0.4, 0.5) is 30.7 Å². The van der Waals surface area contributed by atoms with E-state index in [1.807, 2.05) is 0 Å². The third-order valence-corrected chi connectivity index (χ3v) is 0.739. The van der Waals surface area contributed by atoms with Gasteiger partial charge in [-0.05, 0) is 5.92 Å². The van der Waals surface area contributed by atoms with Crippen molar-refractivity contribution >= 4 is 0 Å². The van der Waals surface area contributed by atoms with Crippen molar-refractivity contribution in [2.24, 2.45) is 0 Å². The van der Waals surface area contributed by atoms with Gasteiger partial charge in [-0.2, -0.15) is 30.7 Å². The summed E-state index contributed by atoms with van der Waals surface area (Å²) in [6.07, 6.45) is -10.9. The lowest BCUT2D eigenvalue weighted by atomic mass is 10.3. The van der Waals surface area contributed by atoms with Crippen LogP contribution in [0.3, 0.4) is 0 Å². The van der Waals surface area contributed by atoms with Crippen molar-refractivity contribution in [1.82, 2.24) is 0 Å². The number of hydrogen-bond donors (Lipinski definition) is 1. The summed E-state index contributed by atoms with van der Waals surface area (Å²) in [4.78, 5) is 0. The molecule has 0 aliphatic heterocycles. The number of hydrogen-bond acceptors (Lipinski definition) is 1. The molecule has 0 rings (SSSR count). The van der Waals surface area contributed by atoms with Gasteiger partial charge in [0.25, 0.3) is 0 Å². The topological polar surface area (TPSA) is 20.2 Å². The number of alkyl halides is 7. The van der Waals surface area contributed by atoms with Crippen LogP contribution in [-0.4, -0.2) is 23.3 Å². The first-order valence-corrected chi connectivity index (χ1v) is 2.55. The maximum absolute atomic E-state index is 11.8. The van der Waals surface area contributed by atoms with Gasteiger partial charge >= 0.3 is 18.2 Å². The normalized spacial score (nSPS) is 13.5. The standard InChI is InChI=1S/C5HF7O/c6-3(7,5(11,12)13)1-2-4(8,9)10/h13H. The Kier molecular flexibility index (Phi) is 2.84. The summed E-state index contributed by atoms with van der Waals surface area (Å²) in [5, 5.41) is 7.39. The molecule has 1 N–H and O–H groups in total. The second-order valence-electron chi connectivity index (χ2n) is 1.86. The molecule has 0 fully saturated rings. The highest BCUT2D eigenvalue weighted by atomic mass is 19.4. The molecule has 8 heteroatoms. The quantitative estimate of drug-likeness (QED) is 0.516. The highest BCUT2D eigenvalue weighted by molar-refractivity contribution is 5.15. The van der Waals surface area contributed by atoms with Crippen LogP contribution < -0.4 is 0 Å². The summed E-state index contributed by atoms with van der Waals surface area (Å²) in [7, 11) is 0. The Morgan fingerprint density at radius 1 is 0.769 bits per heavy atom. The largest absolute Gasteiger partial charge is 0.457 e. The van der Waals surface area contributed by atoms with E-state index >= 15 is 0 Å². The van der Waals surface area contributed by atoms with E-state index in [1.165, 1.54) is 0 Å². The minimum absolute atomic E-state index is 0.0694. The van der Waals surface area contributed by atoms with E-state index in [0.29, 0.717) is 0 Å². The monoisotopic (exact) mass is 210 g/mol.